The highest BCUT2D eigenvalue weighted by Crippen LogP contribution is 2.29. The van der Waals surface area contributed by atoms with Gasteiger partial charge in [-0.2, -0.15) is 0 Å². The maximum Gasteiger partial charge on any atom is 0.123 e. The van der Waals surface area contributed by atoms with E-state index in [1.807, 2.05) is 0 Å². The van der Waals surface area contributed by atoms with E-state index in [0.29, 0.717) is 6.10 Å². The van der Waals surface area contributed by atoms with Gasteiger partial charge in [-0.15, -0.1) is 0 Å². The van der Waals surface area contributed by atoms with Crippen LogP contribution < -0.4 is 4.74 Å². The van der Waals surface area contributed by atoms with Crippen LogP contribution in [0.1, 0.15) is 11.1 Å². The van der Waals surface area contributed by atoms with Crippen LogP contribution in [0.4, 0.5) is 0 Å². The summed E-state index contributed by atoms with van der Waals surface area (Å²) in [5, 5.41) is 1.08. The number of ether oxygens (including phenoxy) is 1. The van der Waals surface area contributed by atoms with Crippen molar-refractivity contribution in [2.45, 2.75) is 19.4 Å². The minimum Gasteiger partial charge on any atom is -0.488 e. The van der Waals surface area contributed by atoms with Crippen molar-refractivity contribution in [1.29, 1.82) is 0 Å². The Labute approximate surface area is 130 Å². The van der Waals surface area contributed by atoms with Crippen molar-refractivity contribution in [3.63, 3.8) is 0 Å². The molecule has 1 saturated heterocycles. The number of piperazine rings is 1. The number of alkyl halides is 1. The number of benzene rings is 1. The first-order chi connectivity index (χ1) is 9.74. The largest absolute Gasteiger partial charge is 0.488 e. The molecule has 20 heavy (non-hydrogen) atoms. The van der Waals surface area contributed by atoms with Crippen molar-refractivity contribution in [3.8, 4) is 5.75 Å². The quantitative estimate of drug-likeness (QED) is 0.783. The van der Waals surface area contributed by atoms with E-state index in [1.165, 1.54) is 43.9 Å². The molecule has 0 aliphatic carbocycles. The van der Waals surface area contributed by atoms with Crippen LogP contribution in [0.25, 0.3) is 0 Å². The topological polar surface area (TPSA) is 15.7 Å². The van der Waals surface area contributed by atoms with Gasteiger partial charge in [-0.25, -0.2) is 0 Å². The summed E-state index contributed by atoms with van der Waals surface area (Å²) in [6.45, 7) is 9.09. The smallest absolute Gasteiger partial charge is 0.123 e. The van der Waals surface area contributed by atoms with Crippen molar-refractivity contribution in [2.24, 2.45) is 0 Å². The Balaban J connectivity index is 1.49. The predicted octanol–water partition coefficient (Wildman–Crippen LogP) is 2.31. The van der Waals surface area contributed by atoms with E-state index in [2.05, 4.69) is 50.9 Å². The summed E-state index contributed by atoms with van der Waals surface area (Å²) >= 11 is 3.52. The van der Waals surface area contributed by atoms with Crippen molar-refractivity contribution in [2.75, 3.05) is 44.6 Å². The normalized spacial score (nSPS) is 23.6. The van der Waals surface area contributed by atoms with Gasteiger partial charge in [0.05, 0.1) is 0 Å². The number of nitrogens with zero attached hydrogens (tertiary/aromatic N) is 2. The minimum atomic E-state index is 0.342. The first kappa shape index (κ1) is 14.4. The first-order valence-electron chi connectivity index (χ1n) is 7.51. The van der Waals surface area contributed by atoms with Crippen LogP contribution in [-0.4, -0.2) is 60.5 Å². The molecular weight excluding hydrogens is 316 g/mol. The molecule has 1 unspecified atom stereocenters. The summed E-state index contributed by atoms with van der Waals surface area (Å²) in [5.41, 5.74) is 2.71. The zero-order valence-corrected chi connectivity index (χ0v) is 13.7. The summed E-state index contributed by atoms with van der Waals surface area (Å²) in [6.07, 6.45) is 1.41. The number of hydrogen-bond acceptors (Lipinski definition) is 3. The number of fused-ring (bicyclic) bond motifs is 1. The van der Waals surface area contributed by atoms with Crippen LogP contribution >= 0.6 is 15.9 Å². The second-order valence-electron chi connectivity index (χ2n) is 5.89. The first-order valence-corrected chi connectivity index (χ1v) is 8.63. The van der Waals surface area contributed by atoms with Gasteiger partial charge < -0.3 is 4.74 Å². The number of halogens is 1. The zero-order valence-electron chi connectivity index (χ0n) is 12.1. The van der Waals surface area contributed by atoms with E-state index >= 15 is 0 Å². The molecule has 0 spiro atoms. The molecule has 0 saturated carbocycles. The molecule has 4 heteroatoms. The molecule has 2 aliphatic heterocycles. The summed E-state index contributed by atoms with van der Waals surface area (Å²) in [6, 6.07) is 6.53. The van der Waals surface area contributed by atoms with E-state index in [9.17, 15) is 0 Å². The van der Waals surface area contributed by atoms with Gasteiger partial charge in [-0.3, -0.25) is 9.80 Å². The van der Waals surface area contributed by atoms with E-state index in [4.69, 9.17) is 4.74 Å². The lowest BCUT2D eigenvalue weighted by molar-refractivity contribution is 0.0955. The maximum atomic E-state index is 6.08. The predicted molar refractivity (Wildman–Crippen MR) is 86.0 cm³/mol. The molecule has 1 aromatic rings. The van der Waals surface area contributed by atoms with Gasteiger partial charge in [0.2, 0.25) is 0 Å². The molecule has 0 N–H and O–H groups in total. The average molecular weight is 339 g/mol. The molecule has 110 valence electrons. The molecule has 0 radical (unpaired) electrons. The van der Waals surface area contributed by atoms with Gasteiger partial charge in [0.15, 0.2) is 0 Å². The molecule has 1 aromatic carbocycles. The third-order valence-electron chi connectivity index (χ3n) is 4.28. The summed E-state index contributed by atoms with van der Waals surface area (Å²) in [7, 11) is 0. The van der Waals surface area contributed by atoms with E-state index < -0.39 is 0 Å². The Bertz CT molecular complexity index is 458. The van der Waals surface area contributed by atoms with Gasteiger partial charge in [0.25, 0.3) is 0 Å². The Morgan fingerprint density at radius 2 is 1.95 bits per heavy atom. The molecule has 2 heterocycles. The lowest BCUT2D eigenvalue weighted by Crippen LogP contribution is -2.49. The monoisotopic (exact) mass is 338 g/mol. The van der Waals surface area contributed by atoms with Crippen LogP contribution in [0.2, 0.25) is 0 Å². The average Bonchev–Trinajstić information content (AvgIpc) is 2.82. The molecule has 1 fully saturated rings. The second kappa shape index (κ2) is 6.46. The molecule has 3 nitrogen and oxygen atoms in total. The Hall–Kier alpha value is -0.580. The lowest BCUT2D eigenvalue weighted by atomic mass is 10.1. The zero-order chi connectivity index (χ0) is 13.9. The van der Waals surface area contributed by atoms with Crippen LogP contribution in [0.15, 0.2) is 18.2 Å². The maximum absolute atomic E-state index is 6.08. The highest BCUT2D eigenvalue weighted by Gasteiger charge is 2.26. The van der Waals surface area contributed by atoms with Crippen LogP contribution in [0.3, 0.4) is 0 Å². The Morgan fingerprint density at radius 1 is 1.20 bits per heavy atom. The summed E-state index contributed by atoms with van der Waals surface area (Å²) < 4.78 is 6.08. The molecule has 0 bridgehead atoms. The fraction of sp³-hybridized carbons (Fsp3) is 0.625. The number of hydrogen-bond donors (Lipinski definition) is 0. The van der Waals surface area contributed by atoms with Crippen LogP contribution in [0, 0.1) is 6.92 Å². The van der Waals surface area contributed by atoms with Crippen LogP contribution in [0.5, 0.6) is 5.75 Å². The van der Waals surface area contributed by atoms with Gasteiger partial charge in [0, 0.05) is 51.0 Å². The van der Waals surface area contributed by atoms with Gasteiger partial charge in [-0.1, -0.05) is 33.6 Å². The Kier molecular flexibility index (Phi) is 4.64. The second-order valence-corrected chi connectivity index (χ2v) is 6.68. The third kappa shape index (κ3) is 3.35. The summed E-state index contributed by atoms with van der Waals surface area (Å²) in [5.74, 6) is 1.10. The minimum absolute atomic E-state index is 0.342. The fourth-order valence-electron chi connectivity index (χ4n) is 3.15. The van der Waals surface area contributed by atoms with Crippen molar-refractivity contribution >= 4 is 15.9 Å². The third-order valence-corrected chi connectivity index (χ3v) is 4.64. The lowest BCUT2D eigenvalue weighted by Gasteiger charge is -2.35. The molecule has 2 aliphatic rings. The van der Waals surface area contributed by atoms with Gasteiger partial charge in [0.1, 0.15) is 11.9 Å². The van der Waals surface area contributed by atoms with Gasteiger partial charge >= 0.3 is 0 Å². The van der Waals surface area contributed by atoms with Gasteiger partial charge in [-0.05, 0) is 18.6 Å². The van der Waals surface area contributed by atoms with E-state index in [1.54, 1.807) is 0 Å². The SMILES string of the molecule is Cc1ccc2c(c1)CC(CN1CCN(CCBr)CC1)O2. The summed E-state index contributed by atoms with van der Waals surface area (Å²) in [4.78, 5) is 5.08. The number of aryl methyl sites for hydroxylation is 1. The van der Waals surface area contributed by atoms with Crippen molar-refractivity contribution in [3.05, 3.63) is 29.3 Å². The number of rotatable bonds is 4. The standard InChI is InChI=1S/C16H23BrN2O/c1-13-2-3-16-14(10-13)11-15(20-16)12-19-8-6-18(5-4-17)7-9-19/h2-3,10,15H,4-9,11-12H2,1H3. The van der Waals surface area contributed by atoms with Crippen molar-refractivity contribution in [1.82, 2.24) is 9.80 Å². The van der Waals surface area contributed by atoms with Crippen molar-refractivity contribution < 1.29 is 4.74 Å². The fourth-order valence-corrected chi connectivity index (χ4v) is 3.66. The van der Waals surface area contributed by atoms with Crippen LogP contribution in [-0.2, 0) is 6.42 Å². The Morgan fingerprint density at radius 3 is 2.70 bits per heavy atom. The molecule has 1 atom stereocenters. The molecular formula is C16H23BrN2O. The van der Waals surface area contributed by atoms with E-state index in [0.717, 1.165) is 24.0 Å². The molecule has 3 rings (SSSR count). The molecule has 0 aromatic heterocycles. The highest BCUT2D eigenvalue weighted by atomic mass is 79.9. The molecule has 0 amide bonds. The highest BCUT2D eigenvalue weighted by molar-refractivity contribution is 9.09. The van der Waals surface area contributed by atoms with E-state index in [-0.39, 0.29) is 0 Å².